The number of fused-ring (bicyclic) bond motifs is 1. The Bertz CT molecular complexity index is 1290. The molecule has 9 nitrogen and oxygen atoms in total. The average Bonchev–Trinajstić information content (AvgIpc) is 3.23. The van der Waals surface area contributed by atoms with Crippen LogP contribution in [-0.2, 0) is 34.4 Å². The van der Waals surface area contributed by atoms with E-state index in [1.165, 1.54) is 0 Å². The van der Waals surface area contributed by atoms with Crippen molar-refractivity contribution in [1.82, 2.24) is 19.4 Å². The van der Waals surface area contributed by atoms with Crippen LogP contribution in [0.25, 0.3) is 22.4 Å². The van der Waals surface area contributed by atoms with Gasteiger partial charge in [0, 0.05) is 50.7 Å². The zero-order valence-corrected chi connectivity index (χ0v) is 23.1. The zero-order valence-electron chi connectivity index (χ0n) is 23.1. The Morgan fingerprint density at radius 2 is 1.97 bits per heavy atom. The molecule has 0 amide bonds. The largest absolute Gasteiger partial charge is 0.464 e. The zero-order chi connectivity index (χ0) is 27.4. The molecule has 0 bridgehead atoms. The molecular weight excluding hydrogens is 484 g/mol. The summed E-state index contributed by atoms with van der Waals surface area (Å²) in [7, 11) is 1.76. The van der Waals surface area contributed by atoms with E-state index >= 15 is 0 Å². The summed E-state index contributed by atoms with van der Waals surface area (Å²) in [4.78, 5) is 29.9. The highest BCUT2D eigenvalue weighted by Crippen LogP contribution is 2.29. The van der Waals surface area contributed by atoms with Gasteiger partial charge in [-0.2, -0.15) is 0 Å². The number of carbonyl (C=O) groups excluding carboxylic acids is 1. The maximum atomic E-state index is 12.5. The van der Waals surface area contributed by atoms with Gasteiger partial charge in [0.2, 0.25) is 0 Å². The number of imidazole rings is 1. The molecule has 1 saturated heterocycles. The number of ether oxygens (including phenoxy) is 2. The van der Waals surface area contributed by atoms with Crippen LogP contribution in [-0.4, -0.2) is 57.2 Å². The second-order valence-corrected chi connectivity index (χ2v) is 10.9. The van der Waals surface area contributed by atoms with Gasteiger partial charge in [0.05, 0.1) is 23.7 Å². The highest BCUT2D eigenvalue weighted by Gasteiger charge is 2.25. The highest BCUT2D eigenvalue weighted by atomic mass is 16.5. The Hall–Kier alpha value is -3.01. The summed E-state index contributed by atoms with van der Waals surface area (Å²) < 4.78 is 14.8. The van der Waals surface area contributed by atoms with Crippen LogP contribution >= 0.6 is 0 Å². The van der Waals surface area contributed by atoms with Crippen molar-refractivity contribution in [2.75, 3.05) is 19.8 Å². The van der Waals surface area contributed by atoms with Gasteiger partial charge in [-0.1, -0.05) is 19.9 Å². The van der Waals surface area contributed by atoms with Crippen LogP contribution in [0.1, 0.15) is 44.7 Å². The van der Waals surface area contributed by atoms with E-state index in [1.54, 1.807) is 18.5 Å². The number of aliphatic hydroxyl groups is 1. The standard InChI is InChI=1S/C29H40N4O5/c1-18(2)17-38-29(36)26(20(4)34)30-14-22-6-7-24-25(13-22)33(15-21-8-10-37-11-9-21)27(31-24)23-12-19(3)28(35)32(5)16-23/h6-7,12-13,16,18,20-21,26,30,34H,8-11,14-15,17H2,1-5H3/t20-,26+/m1/s1. The van der Waals surface area contributed by atoms with E-state index in [4.69, 9.17) is 14.5 Å². The van der Waals surface area contributed by atoms with Crippen molar-refractivity contribution >= 4 is 17.0 Å². The van der Waals surface area contributed by atoms with Crippen molar-refractivity contribution < 1.29 is 19.4 Å². The predicted molar refractivity (Wildman–Crippen MR) is 147 cm³/mol. The van der Waals surface area contributed by atoms with Gasteiger partial charge in [-0.3, -0.25) is 14.9 Å². The van der Waals surface area contributed by atoms with Gasteiger partial charge in [0.1, 0.15) is 11.9 Å². The van der Waals surface area contributed by atoms with Crippen LogP contribution in [0.4, 0.5) is 0 Å². The van der Waals surface area contributed by atoms with Crippen molar-refractivity contribution in [3.05, 3.63) is 51.9 Å². The van der Waals surface area contributed by atoms with Crippen molar-refractivity contribution in [1.29, 1.82) is 0 Å². The molecule has 206 valence electrons. The molecule has 1 fully saturated rings. The van der Waals surface area contributed by atoms with E-state index in [1.807, 2.05) is 45.2 Å². The number of esters is 1. The number of hydrogen-bond donors (Lipinski definition) is 2. The number of nitrogens with zero attached hydrogens (tertiary/aromatic N) is 3. The first-order chi connectivity index (χ1) is 18.1. The third-order valence-corrected chi connectivity index (χ3v) is 7.04. The lowest BCUT2D eigenvalue weighted by Crippen LogP contribution is -2.45. The number of aromatic nitrogens is 3. The Kier molecular flexibility index (Phi) is 9.02. The number of nitrogens with one attached hydrogen (secondary N) is 1. The molecule has 0 spiro atoms. The number of benzene rings is 1. The Morgan fingerprint density at radius 1 is 1.24 bits per heavy atom. The van der Waals surface area contributed by atoms with Crippen molar-refractivity contribution in [2.24, 2.45) is 18.9 Å². The second kappa shape index (κ2) is 12.2. The number of hydrogen-bond acceptors (Lipinski definition) is 7. The second-order valence-electron chi connectivity index (χ2n) is 10.9. The smallest absolute Gasteiger partial charge is 0.325 e. The van der Waals surface area contributed by atoms with E-state index in [2.05, 4.69) is 16.0 Å². The molecule has 0 saturated carbocycles. The molecule has 2 atom stereocenters. The lowest BCUT2D eigenvalue weighted by Gasteiger charge is -2.24. The number of aryl methyl sites for hydroxylation is 2. The van der Waals surface area contributed by atoms with Crippen LogP contribution in [0.3, 0.4) is 0 Å². The first-order valence-corrected chi connectivity index (χ1v) is 13.5. The summed E-state index contributed by atoms with van der Waals surface area (Å²) in [6, 6.07) is 7.14. The molecule has 1 aromatic carbocycles. The van der Waals surface area contributed by atoms with Crippen molar-refractivity contribution in [2.45, 2.75) is 65.8 Å². The van der Waals surface area contributed by atoms with Gasteiger partial charge < -0.3 is 23.7 Å². The Morgan fingerprint density at radius 3 is 2.63 bits per heavy atom. The monoisotopic (exact) mass is 524 g/mol. The summed E-state index contributed by atoms with van der Waals surface area (Å²) in [5.41, 5.74) is 4.38. The minimum atomic E-state index is -0.892. The van der Waals surface area contributed by atoms with Gasteiger partial charge in [-0.15, -0.1) is 0 Å². The van der Waals surface area contributed by atoms with E-state index in [0.717, 1.165) is 60.6 Å². The molecule has 2 aromatic heterocycles. The van der Waals surface area contributed by atoms with Gasteiger partial charge in [-0.25, -0.2) is 4.98 Å². The predicted octanol–water partition coefficient (Wildman–Crippen LogP) is 3.18. The molecule has 4 rings (SSSR count). The van der Waals surface area contributed by atoms with E-state index in [-0.39, 0.29) is 11.5 Å². The molecule has 0 radical (unpaired) electrons. The quantitative estimate of drug-likeness (QED) is 0.392. The lowest BCUT2D eigenvalue weighted by atomic mass is 10.00. The molecule has 0 aliphatic carbocycles. The van der Waals surface area contributed by atoms with Crippen LogP contribution in [0.15, 0.2) is 35.3 Å². The first-order valence-electron chi connectivity index (χ1n) is 13.5. The SMILES string of the molecule is Cc1cc(-c2nc3ccc(CN[C@H](C(=O)OCC(C)C)[C@@H](C)O)cc3n2CC2CCOCC2)cn(C)c1=O. The van der Waals surface area contributed by atoms with Crippen molar-refractivity contribution in [3.8, 4) is 11.4 Å². The Balaban J connectivity index is 1.66. The number of aliphatic hydroxyl groups excluding tert-OH is 1. The molecule has 3 aromatic rings. The average molecular weight is 525 g/mol. The summed E-state index contributed by atoms with van der Waals surface area (Å²) >= 11 is 0. The van der Waals surface area contributed by atoms with Crippen LogP contribution in [0.2, 0.25) is 0 Å². The van der Waals surface area contributed by atoms with E-state index < -0.39 is 18.1 Å². The van der Waals surface area contributed by atoms with Gasteiger partial charge in [-0.05, 0) is 62.3 Å². The first kappa shape index (κ1) is 28.0. The molecule has 1 aliphatic rings. The van der Waals surface area contributed by atoms with Gasteiger partial charge in [0.25, 0.3) is 5.56 Å². The molecule has 1 aliphatic heterocycles. The molecule has 9 heteroatoms. The van der Waals surface area contributed by atoms with Gasteiger partial charge in [0.15, 0.2) is 0 Å². The summed E-state index contributed by atoms with van der Waals surface area (Å²) in [6.07, 6.45) is 2.93. The fraction of sp³-hybridized carbons (Fsp3) is 0.552. The third kappa shape index (κ3) is 6.51. The lowest BCUT2D eigenvalue weighted by molar-refractivity contribution is -0.150. The van der Waals surface area contributed by atoms with Crippen LogP contribution in [0.5, 0.6) is 0 Å². The summed E-state index contributed by atoms with van der Waals surface area (Å²) in [6.45, 7) is 10.4. The number of pyridine rings is 1. The normalized spacial score (nSPS) is 16.2. The summed E-state index contributed by atoms with van der Waals surface area (Å²) in [5, 5.41) is 13.4. The van der Waals surface area contributed by atoms with Gasteiger partial charge >= 0.3 is 5.97 Å². The highest BCUT2D eigenvalue weighted by molar-refractivity contribution is 5.81. The third-order valence-electron chi connectivity index (χ3n) is 7.04. The van der Waals surface area contributed by atoms with Crippen LogP contribution < -0.4 is 10.9 Å². The Labute approximate surface area is 223 Å². The fourth-order valence-corrected chi connectivity index (χ4v) is 4.89. The number of rotatable bonds is 10. The molecule has 2 N–H and O–H groups in total. The van der Waals surface area contributed by atoms with E-state index in [9.17, 15) is 14.7 Å². The number of carbonyl (C=O) groups is 1. The molecule has 3 heterocycles. The van der Waals surface area contributed by atoms with Crippen LogP contribution in [0, 0.1) is 18.8 Å². The maximum Gasteiger partial charge on any atom is 0.325 e. The molecule has 0 unspecified atom stereocenters. The topological polar surface area (TPSA) is 108 Å². The summed E-state index contributed by atoms with van der Waals surface area (Å²) in [5.74, 6) is 1.06. The minimum absolute atomic E-state index is 0.0196. The molecular formula is C29H40N4O5. The molecule has 38 heavy (non-hydrogen) atoms. The maximum absolute atomic E-state index is 12.5. The van der Waals surface area contributed by atoms with Crippen molar-refractivity contribution in [3.63, 3.8) is 0 Å². The van der Waals surface area contributed by atoms with E-state index in [0.29, 0.717) is 24.6 Å². The minimum Gasteiger partial charge on any atom is -0.464 e. The fourth-order valence-electron chi connectivity index (χ4n) is 4.89.